The molecule has 1 heterocycles. The standard InChI is InChI=1S/C36H46N2O7/c1-43-30-16-12-27(13-17-30)34(40)8-3-4-9-35(41)38(24-7-25-45-32-20-18-31(44-2)19-21-32)33(26-37-22-5-6-23-37)36(42)28-10-14-29(39)15-11-28/h10-21,33,36,39,42H,3-9,22-26H2,1-2H3/t33-,36-/m1/s1. The maximum absolute atomic E-state index is 13.9. The number of phenolic OH excluding ortho intramolecular Hbond substituents is 1. The summed E-state index contributed by atoms with van der Waals surface area (Å²) in [6, 6.07) is 20.5. The summed E-state index contributed by atoms with van der Waals surface area (Å²) in [5.41, 5.74) is 1.28. The first-order valence-corrected chi connectivity index (χ1v) is 15.8. The number of hydrogen-bond donors (Lipinski definition) is 2. The van der Waals surface area contributed by atoms with Gasteiger partial charge >= 0.3 is 0 Å². The lowest BCUT2D eigenvalue weighted by molar-refractivity contribution is -0.137. The van der Waals surface area contributed by atoms with Crippen molar-refractivity contribution in [1.82, 2.24) is 9.80 Å². The van der Waals surface area contributed by atoms with E-state index in [1.54, 1.807) is 67.7 Å². The van der Waals surface area contributed by atoms with Gasteiger partial charge in [-0.3, -0.25) is 9.59 Å². The molecule has 2 N–H and O–H groups in total. The van der Waals surface area contributed by atoms with Crippen LogP contribution in [0.4, 0.5) is 0 Å². The number of methoxy groups -OCH3 is 2. The van der Waals surface area contributed by atoms with Crippen molar-refractivity contribution < 1.29 is 34.0 Å². The van der Waals surface area contributed by atoms with E-state index in [1.807, 2.05) is 24.3 Å². The molecule has 9 heteroatoms. The molecule has 4 rings (SSSR count). The number of ketones is 1. The molecule has 3 aromatic rings. The number of Topliss-reactive ketones (excluding diaryl/α,β-unsaturated/α-hetero) is 1. The monoisotopic (exact) mass is 618 g/mol. The molecule has 1 fully saturated rings. The van der Waals surface area contributed by atoms with Gasteiger partial charge in [-0.15, -0.1) is 0 Å². The highest BCUT2D eigenvalue weighted by Crippen LogP contribution is 2.27. The Morgan fingerprint density at radius 3 is 2.00 bits per heavy atom. The number of nitrogens with zero attached hydrogens (tertiary/aromatic N) is 2. The van der Waals surface area contributed by atoms with Crippen molar-refractivity contribution in [2.24, 2.45) is 0 Å². The van der Waals surface area contributed by atoms with Gasteiger partial charge in [0.25, 0.3) is 0 Å². The smallest absolute Gasteiger partial charge is 0.222 e. The first-order valence-electron chi connectivity index (χ1n) is 15.8. The highest BCUT2D eigenvalue weighted by Gasteiger charge is 2.33. The molecule has 3 aromatic carbocycles. The van der Waals surface area contributed by atoms with E-state index in [0.717, 1.165) is 31.7 Å². The molecular weight excluding hydrogens is 572 g/mol. The molecule has 0 aromatic heterocycles. The Morgan fingerprint density at radius 1 is 0.800 bits per heavy atom. The zero-order valence-corrected chi connectivity index (χ0v) is 26.4. The lowest BCUT2D eigenvalue weighted by Gasteiger charge is -2.37. The highest BCUT2D eigenvalue weighted by molar-refractivity contribution is 5.96. The number of hydrogen-bond acceptors (Lipinski definition) is 8. The number of likely N-dealkylation sites (tertiary alicyclic amines) is 1. The van der Waals surface area contributed by atoms with Gasteiger partial charge in [-0.1, -0.05) is 12.1 Å². The van der Waals surface area contributed by atoms with E-state index in [-0.39, 0.29) is 23.9 Å². The summed E-state index contributed by atoms with van der Waals surface area (Å²) in [4.78, 5) is 30.7. The Bertz CT molecular complexity index is 1320. The topological polar surface area (TPSA) is 109 Å². The molecule has 45 heavy (non-hydrogen) atoms. The van der Waals surface area contributed by atoms with Crippen molar-refractivity contribution in [1.29, 1.82) is 0 Å². The molecule has 0 spiro atoms. The normalized spacial score (nSPS) is 14.5. The van der Waals surface area contributed by atoms with Crippen molar-refractivity contribution in [2.45, 2.75) is 57.1 Å². The molecule has 9 nitrogen and oxygen atoms in total. The van der Waals surface area contributed by atoms with Crippen LogP contribution in [0.1, 0.15) is 67.0 Å². The Labute approximate surface area is 266 Å². The molecule has 1 amide bonds. The van der Waals surface area contributed by atoms with Crippen LogP contribution in [0.5, 0.6) is 23.0 Å². The molecule has 242 valence electrons. The number of phenols is 1. The van der Waals surface area contributed by atoms with E-state index < -0.39 is 12.1 Å². The number of rotatable bonds is 18. The number of carbonyl (C=O) groups excluding carboxylic acids is 2. The molecule has 1 aliphatic rings. The number of ether oxygens (including phenoxy) is 3. The fourth-order valence-electron chi connectivity index (χ4n) is 5.69. The third-order valence-electron chi connectivity index (χ3n) is 8.29. The zero-order valence-electron chi connectivity index (χ0n) is 26.4. The predicted octanol–water partition coefficient (Wildman–Crippen LogP) is 5.65. The Morgan fingerprint density at radius 2 is 1.38 bits per heavy atom. The van der Waals surface area contributed by atoms with E-state index in [0.29, 0.717) is 68.0 Å². The molecule has 0 saturated carbocycles. The van der Waals surface area contributed by atoms with Crippen LogP contribution in [-0.4, -0.2) is 84.8 Å². The van der Waals surface area contributed by atoms with Gasteiger partial charge in [-0.2, -0.15) is 0 Å². The number of carbonyl (C=O) groups is 2. The number of aromatic hydroxyl groups is 1. The summed E-state index contributed by atoms with van der Waals surface area (Å²) >= 11 is 0. The molecule has 2 atom stereocenters. The molecule has 1 saturated heterocycles. The van der Waals surface area contributed by atoms with Crippen molar-refractivity contribution in [3.8, 4) is 23.0 Å². The summed E-state index contributed by atoms with van der Waals surface area (Å²) in [6.45, 7) is 3.21. The van der Waals surface area contributed by atoms with E-state index >= 15 is 0 Å². The summed E-state index contributed by atoms with van der Waals surface area (Å²) < 4.78 is 16.3. The number of aliphatic hydroxyl groups excluding tert-OH is 1. The van der Waals surface area contributed by atoms with Gasteiger partial charge < -0.3 is 34.2 Å². The van der Waals surface area contributed by atoms with Gasteiger partial charge in [0.15, 0.2) is 5.78 Å². The second kappa shape index (κ2) is 17.4. The van der Waals surface area contributed by atoms with Gasteiger partial charge in [0, 0.05) is 31.5 Å². The fourth-order valence-corrected chi connectivity index (χ4v) is 5.69. The fraction of sp³-hybridized carbons (Fsp3) is 0.444. The number of unbranched alkanes of at least 4 members (excludes halogenated alkanes) is 1. The summed E-state index contributed by atoms with van der Waals surface area (Å²) in [5.74, 6) is 2.26. The van der Waals surface area contributed by atoms with Crippen molar-refractivity contribution in [3.63, 3.8) is 0 Å². The molecular formula is C36H46N2O7. The highest BCUT2D eigenvalue weighted by atomic mass is 16.5. The van der Waals surface area contributed by atoms with Crippen LogP contribution in [0.2, 0.25) is 0 Å². The maximum atomic E-state index is 13.9. The van der Waals surface area contributed by atoms with E-state index in [2.05, 4.69) is 4.90 Å². The molecule has 0 unspecified atom stereocenters. The summed E-state index contributed by atoms with van der Waals surface area (Å²) in [6.07, 6.45) is 3.59. The first kappa shape index (κ1) is 33.8. The summed E-state index contributed by atoms with van der Waals surface area (Å²) in [7, 11) is 3.20. The average Bonchev–Trinajstić information content (AvgIpc) is 3.59. The average molecular weight is 619 g/mol. The molecule has 0 aliphatic carbocycles. The van der Waals surface area contributed by atoms with Crippen LogP contribution in [-0.2, 0) is 4.79 Å². The van der Waals surface area contributed by atoms with E-state index in [9.17, 15) is 19.8 Å². The quantitative estimate of drug-likeness (QED) is 0.139. The van der Waals surface area contributed by atoms with Gasteiger partial charge in [-0.25, -0.2) is 0 Å². The molecule has 0 bridgehead atoms. The zero-order chi connectivity index (χ0) is 32.0. The largest absolute Gasteiger partial charge is 0.508 e. The Hall–Kier alpha value is -4.08. The third-order valence-corrected chi connectivity index (χ3v) is 8.29. The SMILES string of the molecule is COc1ccc(OCCCN(C(=O)CCCCC(=O)c2ccc(OC)cc2)[C@H](CN2CCCC2)[C@H](O)c2ccc(O)cc2)cc1. The van der Waals surface area contributed by atoms with Gasteiger partial charge in [0.1, 0.15) is 29.1 Å². The Balaban J connectivity index is 1.43. The second-order valence-electron chi connectivity index (χ2n) is 11.4. The molecule has 1 aliphatic heterocycles. The lowest BCUT2D eigenvalue weighted by Crippen LogP contribution is -2.50. The van der Waals surface area contributed by atoms with Gasteiger partial charge in [-0.05, 0) is 111 Å². The van der Waals surface area contributed by atoms with Crippen LogP contribution in [0.25, 0.3) is 0 Å². The van der Waals surface area contributed by atoms with Crippen LogP contribution < -0.4 is 14.2 Å². The van der Waals surface area contributed by atoms with Gasteiger partial charge in [0.05, 0.1) is 26.9 Å². The number of benzene rings is 3. The minimum atomic E-state index is -0.936. The maximum Gasteiger partial charge on any atom is 0.222 e. The van der Waals surface area contributed by atoms with E-state index in [4.69, 9.17) is 14.2 Å². The number of aliphatic hydroxyl groups is 1. The summed E-state index contributed by atoms with van der Waals surface area (Å²) in [5, 5.41) is 21.5. The molecule has 0 radical (unpaired) electrons. The number of amides is 1. The van der Waals surface area contributed by atoms with Crippen molar-refractivity contribution >= 4 is 11.7 Å². The van der Waals surface area contributed by atoms with Crippen molar-refractivity contribution in [2.75, 3.05) is 47.0 Å². The lowest BCUT2D eigenvalue weighted by atomic mass is 9.98. The Kier molecular flexibility index (Phi) is 13.1. The minimum Gasteiger partial charge on any atom is -0.508 e. The van der Waals surface area contributed by atoms with Crippen molar-refractivity contribution in [3.05, 3.63) is 83.9 Å². The van der Waals surface area contributed by atoms with Crippen LogP contribution >= 0.6 is 0 Å². The van der Waals surface area contributed by atoms with Crippen LogP contribution in [0.3, 0.4) is 0 Å². The predicted molar refractivity (Wildman–Crippen MR) is 173 cm³/mol. The first-order chi connectivity index (χ1) is 21.9. The second-order valence-corrected chi connectivity index (χ2v) is 11.4. The van der Waals surface area contributed by atoms with E-state index in [1.165, 1.54) is 0 Å². The minimum absolute atomic E-state index is 0.0345. The van der Waals surface area contributed by atoms with Crippen LogP contribution in [0.15, 0.2) is 72.8 Å². The van der Waals surface area contributed by atoms with Crippen LogP contribution in [0, 0.1) is 0 Å². The van der Waals surface area contributed by atoms with Gasteiger partial charge in [0.2, 0.25) is 5.91 Å². The third kappa shape index (κ3) is 10.2.